The quantitative estimate of drug-likeness (QED) is 0.790. The second-order valence-corrected chi connectivity index (χ2v) is 4.36. The van der Waals surface area contributed by atoms with Crippen LogP contribution in [0.4, 0.5) is 0 Å². The van der Waals surface area contributed by atoms with Gasteiger partial charge in [-0.15, -0.1) is 0 Å². The number of likely N-dealkylation sites (tertiary alicyclic amines) is 1. The molecule has 0 aromatic carbocycles. The van der Waals surface area contributed by atoms with Gasteiger partial charge in [-0.2, -0.15) is 0 Å². The maximum atomic E-state index is 12.1. The monoisotopic (exact) mass is 250 g/mol. The molecule has 0 saturated carbocycles. The number of aliphatic carboxylic acids is 1. The molecule has 2 heterocycles. The maximum absolute atomic E-state index is 12.1. The van der Waals surface area contributed by atoms with E-state index in [0.29, 0.717) is 19.4 Å². The lowest BCUT2D eigenvalue weighted by molar-refractivity contribution is -0.143. The van der Waals surface area contributed by atoms with Crippen LogP contribution in [0.3, 0.4) is 0 Å². The predicted molar refractivity (Wildman–Crippen MR) is 63.3 cm³/mol. The SMILES string of the molecule is O=C(O)C1CCCN(C(=O)c2cccc(=O)[nH]2)C1. The highest BCUT2D eigenvalue weighted by Crippen LogP contribution is 2.17. The summed E-state index contributed by atoms with van der Waals surface area (Å²) in [6.45, 7) is 0.727. The van der Waals surface area contributed by atoms with Crippen molar-refractivity contribution in [2.75, 3.05) is 13.1 Å². The number of aromatic nitrogens is 1. The van der Waals surface area contributed by atoms with Crippen LogP contribution >= 0.6 is 0 Å². The van der Waals surface area contributed by atoms with Crippen LogP contribution in [-0.2, 0) is 4.79 Å². The summed E-state index contributed by atoms with van der Waals surface area (Å²) < 4.78 is 0. The summed E-state index contributed by atoms with van der Waals surface area (Å²) in [5.41, 5.74) is -0.138. The number of carbonyl (C=O) groups is 2. The number of carboxylic acid groups (broad SMARTS) is 1. The van der Waals surface area contributed by atoms with Crippen molar-refractivity contribution in [3.63, 3.8) is 0 Å². The summed E-state index contributed by atoms with van der Waals surface area (Å²) in [5.74, 6) is -1.72. The average molecular weight is 250 g/mol. The van der Waals surface area contributed by atoms with E-state index in [1.54, 1.807) is 0 Å². The van der Waals surface area contributed by atoms with Gasteiger partial charge in [0.2, 0.25) is 5.56 Å². The first-order chi connectivity index (χ1) is 8.58. The minimum atomic E-state index is -0.881. The maximum Gasteiger partial charge on any atom is 0.308 e. The minimum absolute atomic E-state index is 0.199. The first-order valence-electron chi connectivity index (χ1n) is 5.79. The first kappa shape index (κ1) is 12.3. The minimum Gasteiger partial charge on any atom is -0.481 e. The number of hydrogen-bond donors (Lipinski definition) is 2. The molecule has 1 aromatic rings. The Bertz CT molecular complexity index is 523. The molecule has 96 valence electrons. The van der Waals surface area contributed by atoms with Crippen molar-refractivity contribution in [1.29, 1.82) is 0 Å². The molecule has 18 heavy (non-hydrogen) atoms. The van der Waals surface area contributed by atoms with Gasteiger partial charge in [0.25, 0.3) is 5.91 Å². The Morgan fingerprint density at radius 2 is 2.17 bits per heavy atom. The third-order valence-electron chi connectivity index (χ3n) is 3.06. The molecule has 1 atom stereocenters. The molecule has 0 bridgehead atoms. The number of carbonyl (C=O) groups excluding carboxylic acids is 1. The Morgan fingerprint density at radius 3 is 2.83 bits per heavy atom. The van der Waals surface area contributed by atoms with Crippen LogP contribution in [-0.4, -0.2) is 40.0 Å². The summed E-state index contributed by atoms with van der Waals surface area (Å²) in [6.07, 6.45) is 1.25. The van der Waals surface area contributed by atoms with E-state index >= 15 is 0 Å². The van der Waals surface area contributed by atoms with E-state index in [9.17, 15) is 14.4 Å². The molecule has 1 aliphatic rings. The Balaban J connectivity index is 2.14. The summed E-state index contributed by atoms with van der Waals surface area (Å²) in [4.78, 5) is 38.1. The highest BCUT2D eigenvalue weighted by Gasteiger charge is 2.28. The van der Waals surface area contributed by atoms with E-state index in [-0.39, 0.29) is 23.7 Å². The van der Waals surface area contributed by atoms with Crippen molar-refractivity contribution in [2.45, 2.75) is 12.8 Å². The molecular weight excluding hydrogens is 236 g/mol. The number of carboxylic acids is 1. The van der Waals surface area contributed by atoms with Gasteiger partial charge in [-0.3, -0.25) is 14.4 Å². The van der Waals surface area contributed by atoms with Crippen molar-refractivity contribution in [1.82, 2.24) is 9.88 Å². The summed E-state index contributed by atoms with van der Waals surface area (Å²) >= 11 is 0. The summed E-state index contributed by atoms with van der Waals surface area (Å²) in [5, 5.41) is 8.96. The lowest BCUT2D eigenvalue weighted by Crippen LogP contribution is -2.42. The predicted octanol–water partition coefficient (Wildman–Crippen LogP) is 0.312. The highest BCUT2D eigenvalue weighted by atomic mass is 16.4. The van der Waals surface area contributed by atoms with Crippen LogP contribution in [0.15, 0.2) is 23.0 Å². The number of hydrogen-bond acceptors (Lipinski definition) is 3. The van der Waals surface area contributed by atoms with Crippen LogP contribution < -0.4 is 5.56 Å². The zero-order chi connectivity index (χ0) is 13.1. The van der Waals surface area contributed by atoms with Crippen LogP contribution in [0.5, 0.6) is 0 Å². The van der Waals surface area contributed by atoms with Gasteiger partial charge in [-0.1, -0.05) is 6.07 Å². The van der Waals surface area contributed by atoms with Crippen LogP contribution in [0.1, 0.15) is 23.3 Å². The van der Waals surface area contributed by atoms with E-state index in [2.05, 4.69) is 4.98 Å². The van der Waals surface area contributed by atoms with Crippen molar-refractivity contribution in [3.8, 4) is 0 Å². The van der Waals surface area contributed by atoms with E-state index in [0.717, 1.165) is 0 Å². The third kappa shape index (κ3) is 2.58. The molecular formula is C12H14N2O4. The van der Waals surface area contributed by atoms with Gasteiger partial charge in [0.15, 0.2) is 0 Å². The molecule has 6 heteroatoms. The molecule has 0 spiro atoms. The molecule has 6 nitrogen and oxygen atoms in total. The molecule has 0 aliphatic carbocycles. The molecule has 1 fully saturated rings. The van der Waals surface area contributed by atoms with Gasteiger partial charge in [0.1, 0.15) is 5.69 Å². The Hall–Kier alpha value is -2.11. The smallest absolute Gasteiger partial charge is 0.308 e. The molecule has 2 rings (SSSR count). The molecule has 1 saturated heterocycles. The lowest BCUT2D eigenvalue weighted by Gasteiger charge is -2.30. The number of nitrogens with one attached hydrogen (secondary N) is 1. The van der Waals surface area contributed by atoms with E-state index in [1.165, 1.54) is 23.1 Å². The Labute approximate surface area is 103 Å². The second-order valence-electron chi connectivity index (χ2n) is 4.36. The van der Waals surface area contributed by atoms with E-state index < -0.39 is 11.9 Å². The van der Waals surface area contributed by atoms with E-state index in [4.69, 9.17) is 5.11 Å². The fraction of sp³-hybridized carbons (Fsp3) is 0.417. The summed E-state index contributed by atoms with van der Waals surface area (Å²) in [7, 11) is 0. The van der Waals surface area contributed by atoms with Crippen molar-refractivity contribution in [2.24, 2.45) is 5.92 Å². The largest absolute Gasteiger partial charge is 0.481 e. The second kappa shape index (κ2) is 5.03. The standard InChI is InChI=1S/C12H14N2O4/c15-10-5-1-4-9(13-10)11(16)14-6-2-3-8(7-14)12(17)18/h1,4-5,8H,2-3,6-7H2,(H,13,15)(H,17,18). The number of piperidine rings is 1. The first-order valence-corrected chi connectivity index (χ1v) is 5.79. The number of H-pyrrole nitrogens is 1. The van der Waals surface area contributed by atoms with Gasteiger partial charge in [0.05, 0.1) is 5.92 Å². The van der Waals surface area contributed by atoms with Crippen LogP contribution in [0.25, 0.3) is 0 Å². The van der Waals surface area contributed by atoms with Crippen molar-refractivity contribution >= 4 is 11.9 Å². The van der Waals surface area contributed by atoms with Crippen LogP contribution in [0, 0.1) is 5.92 Å². The summed E-state index contributed by atoms with van der Waals surface area (Å²) in [6, 6.07) is 4.35. The fourth-order valence-corrected chi connectivity index (χ4v) is 2.11. The van der Waals surface area contributed by atoms with Gasteiger partial charge in [0, 0.05) is 19.2 Å². The normalized spacial score (nSPS) is 19.6. The molecule has 2 N–H and O–H groups in total. The van der Waals surface area contributed by atoms with Gasteiger partial charge in [-0.05, 0) is 18.9 Å². The number of aromatic amines is 1. The molecule has 1 aliphatic heterocycles. The number of amides is 1. The average Bonchev–Trinajstić information content (AvgIpc) is 2.38. The zero-order valence-electron chi connectivity index (χ0n) is 9.76. The topological polar surface area (TPSA) is 90.5 Å². The Morgan fingerprint density at radius 1 is 1.39 bits per heavy atom. The number of rotatable bonds is 2. The van der Waals surface area contributed by atoms with Crippen molar-refractivity contribution < 1.29 is 14.7 Å². The molecule has 1 aromatic heterocycles. The number of nitrogens with zero attached hydrogens (tertiary/aromatic N) is 1. The molecule has 0 radical (unpaired) electrons. The lowest BCUT2D eigenvalue weighted by atomic mass is 9.98. The van der Waals surface area contributed by atoms with E-state index in [1.807, 2.05) is 0 Å². The van der Waals surface area contributed by atoms with Gasteiger partial charge >= 0.3 is 5.97 Å². The van der Waals surface area contributed by atoms with Gasteiger partial charge < -0.3 is 15.0 Å². The molecule has 1 amide bonds. The Kier molecular flexibility index (Phi) is 3.45. The highest BCUT2D eigenvalue weighted by molar-refractivity contribution is 5.92. The van der Waals surface area contributed by atoms with Crippen molar-refractivity contribution in [3.05, 3.63) is 34.2 Å². The number of pyridine rings is 1. The van der Waals surface area contributed by atoms with Gasteiger partial charge in [-0.25, -0.2) is 0 Å². The fourth-order valence-electron chi connectivity index (χ4n) is 2.11. The molecule has 1 unspecified atom stereocenters. The third-order valence-corrected chi connectivity index (χ3v) is 3.06. The van der Waals surface area contributed by atoms with Crippen LogP contribution in [0.2, 0.25) is 0 Å². The zero-order valence-corrected chi connectivity index (χ0v) is 9.76.